The van der Waals surface area contributed by atoms with Crippen molar-refractivity contribution in [3.63, 3.8) is 0 Å². The lowest BCUT2D eigenvalue weighted by Gasteiger charge is -2.40. The van der Waals surface area contributed by atoms with Gasteiger partial charge in [-0.25, -0.2) is 0 Å². The third kappa shape index (κ3) is 2.27. The van der Waals surface area contributed by atoms with E-state index < -0.39 is 11.2 Å². The predicted molar refractivity (Wildman–Crippen MR) is 108 cm³/mol. The topological polar surface area (TPSA) is 42.4 Å². The molecule has 3 aromatic rings. The van der Waals surface area contributed by atoms with Crippen LogP contribution >= 0.6 is 27.5 Å². The van der Waals surface area contributed by atoms with Crippen LogP contribution in [-0.4, -0.2) is 10.1 Å². The Balaban J connectivity index is 1.78. The number of hydrogen-bond donors (Lipinski definition) is 1. The Morgan fingerprint density at radius 1 is 1.07 bits per heavy atom. The van der Waals surface area contributed by atoms with E-state index in [-0.39, 0.29) is 5.92 Å². The van der Waals surface area contributed by atoms with Crippen LogP contribution in [0.3, 0.4) is 0 Å². The van der Waals surface area contributed by atoms with Gasteiger partial charge >= 0.3 is 0 Å². The first-order valence-corrected chi connectivity index (χ1v) is 9.79. The molecule has 2 heterocycles. The van der Waals surface area contributed by atoms with Gasteiger partial charge in [-0.3, -0.25) is 4.98 Å². The summed E-state index contributed by atoms with van der Waals surface area (Å²) in [6.07, 6.45) is 5.36. The van der Waals surface area contributed by atoms with Crippen LogP contribution in [0.2, 0.25) is 5.02 Å². The van der Waals surface area contributed by atoms with Crippen molar-refractivity contribution >= 4 is 27.5 Å². The van der Waals surface area contributed by atoms with Gasteiger partial charge < -0.3 is 9.84 Å². The number of nitrogens with zero attached hydrogens (tertiary/aromatic N) is 1. The molecule has 5 rings (SSSR count). The molecular weight excluding hydrogens is 426 g/mol. The Hall–Kier alpha value is -2.14. The Kier molecular flexibility index (Phi) is 3.73. The zero-order valence-corrected chi connectivity index (χ0v) is 16.5. The largest absolute Gasteiger partial charge is 0.476 e. The number of benzene rings is 2. The predicted octanol–water partition coefficient (Wildman–Crippen LogP) is 5.33. The molecule has 0 saturated carbocycles. The standard InChI is InChI=1S/C22H15BrClNO2/c23-16-8-6-15(7-9-16)22-18(14-4-2-1-3-5-14)10-11-21(22,26)20-19(27-22)12-17(24)13-25-20/h1-13,18,26H/t18-,21?,22?/m0/s1. The van der Waals surface area contributed by atoms with Crippen molar-refractivity contribution in [2.45, 2.75) is 17.1 Å². The van der Waals surface area contributed by atoms with Crippen LogP contribution in [0.5, 0.6) is 5.75 Å². The van der Waals surface area contributed by atoms with E-state index in [9.17, 15) is 5.11 Å². The summed E-state index contributed by atoms with van der Waals surface area (Å²) in [5, 5.41) is 12.3. The van der Waals surface area contributed by atoms with E-state index in [1.807, 2.05) is 60.7 Å². The Morgan fingerprint density at radius 3 is 2.56 bits per heavy atom. The Bertz CT molecular complexity index is 1050. The molecule has 0 amide bonds. The number of aliphatic hydroxyl groups is 1. The maximum Gasteiger partial charge on any atom is 0.182 e. The Labute approximate surface area is 170 Å². The van der Waals surface area contributed by atoms with Crippen molar-refractivity contribution in [1.82, 2.24) is 4.98 Å². The quantitative estimate of drug-likeness (QED) is 0.548. The second-order valence-electron chi connectivity index (χ2n) is 6.86. The zero-order valence-electron chi connectivity index (χ0n) is 14.1. The molecule has 0 saturated heterocycles. The van der Waals surface area contributed by atoms with Crippen molar-refractivity contribution in [2.75, 3.05) is 0 Å². The average molecular weight is 441 g/mol. The summed E-state index contributed by atoms with van der Waals surface area (Å²) in [6.45, 7) is 0. The summed E-state index contributed by atoms with van der Waals surface area (Å²) in [6, 6.07) is 19.7. The minimum Gasteiger partial charge on any atom is -0.476 e. The summed E-state index contributed by atoms with van der Waals surface area (Å²) < 4.78 is 7.48. The van der Waals surface area contributed by atoms with Gasteiger partial charge in [0.1, 0.15) is 11.4 Å². The third-order valence-corrected chi connectivity index (χ3v) is 6.15. The van der Waals surface area contributed by atoms with Crippen LogP contribution < -0.4 is 4.74 Å². The number of rotatable bonds is 2. The summed E-state index contributed by atoms with van der Waals surface area (Å²) in [5.74, 6) is 0.330. The molecule has 27 heavy (non-hydrogen) atoms. The maximum absolute atomic E-state index is 11.8. The number of fused-ring (bicyclic) bond motifs is 3. The number of halogens is 2. The molecule has 0 bridgehead atoms. The molecule has 1 aliphatic carbocycles. The molecule has 2 unspecified atom stereocenters. The molecular formula is C22H15BrClNO2. The van der Waals surface area contributed by atoms with Crippen molar-refractivity contribution in [3.8, 4) is 5.75 Å². The highest BCUT2D eigenvalue weighted by Gasteiger charge is 2.67. The lowest BCUT2D eigenvalue weighted by atomic mass is 9.72. The number of pyridine rings is 1. The first-order valence-electron chi connectivity index (χ1n) is 8.62. The van der Waals surface area contributed by atoms with Crippen molar-refractivity contribution in [3.05, 3.63) is 105 Å². The molecule has 0 spiro atoms. The second-order valence-corrected chi connectivity index (χ2v) is 8.21. The molecule has 5 heteroatoms. The van der Waals surface area contributed by atoms with Crippen molar-refractivity contribution in [1.29, 1.82) is 0 Å². The Morgan fingerprint density at radius 2 is 1.81 bits per heavy atom. The number of hydrogen-bond acceptors (Lipinski definition) is 3. The van der Waals surface area contributed by atoms with Crippen molar-refractivity contribution in [2.24, 2.45) is 0 Å². The normalized spacial score (nSPS) is 27.9. The fourth-order valence-corrected chi connectivity index (χ4v) is 4.66. The van der Waals surface area contributed by atoms with Gasteiger partial charge in [0.15, 0.2) is 11.2 Å². The highest BCUT2D eigenvalue weighted by Crippen LogP contribution is 2.63. The fourth-order valence-electron chi connectivity index (χ4n) is 4.25. The van der Waals surface area contributed by atoms with Crippen molar-refractivity contribution < 1.29 is 9.84 Å². The molecule has 2 aliphatic rings. The molecule has 0 fully saturated rings. The minimum absolute atomic E-state index is 0.183. The number of ether oxygens (including phenoxy) is 1. The highest BCUT2D eigenvalue weighted by atomic mass is 79.9. The summed E-state index contributed by atoms with van der Waals surface area (Å²) in [7, 11) is 0. The van der Waals surface area contributed by atoms with Gasteiger partial charge in [0, 0.05) is 28.2 Å². The van der Waals surface area contributed by atoms with Gasteiger partial charge in [-0.05, 0) is 23.8 Å². The molecule has 134 valence electrons. The van der Waals surface area contributed by atoms with Crippen LogP contribution in [0.1, 0.15) is 22.7 Å². The minimum atomic E-state index is -1.39. The van der Waals surface area contributed by atoms with Crippen LogP contribution in [0.15, 0.2) is 83.5 Å². The zero-order chi connectivity index (χ0) is 18.6. The van der Waals surface area contributed by atoms with E-state index in [1.165, 1.54) is 0 Å². The summed E-state index contributed by atoms with van der Waals surface area (Å²) in [5.41, 5.74) is -0.00626. The van der Waals surface area contributed by atoms with Crippen LogP contribution in [-0.2, 0) is 11.2 Å². The number of aromatic nitrogens is 1. The van der Waals surface area contributed by atoms with E-state index in [0.29, 0.717) is 16.5 Å². The molecule has 0 radical (unpaired) electrons. The van der Waals surface area contributed by atoms with Crippen LogP contribution in [0, 0.1) is 0 Å². The maximum atomic E-state index is 11.8. The molecule has 3 atom stereocenters. The molecule has 2 aromatic carbocycles. The molecule has 1 N–H and O–H groups in total. The van der Waals surface area contributed by atoms with E-state index in [0.717, 1.165) is 15.6 Å². The lowest BCUT2D eigenvalue weighted by molar-refractivity contribution is -0.0875. The molecule has 1 aliphatic heterocycles. The van der Waals surface area contributed by atoms with E-state index >= 15 is 0 Å². The average Bonchev–Trinajstić information content (AvgIpc) is 3.10. The van der Waals surface area contributed by atoms with Crippen LogP contribution in [0.25, 0.3) is 0 Å². The third-order valence-electron chi connectivity index (χ3n) is 5.42. The van der Waals surface area contributed by atoms with Gasteiger partial charge in [0.2, 0.25) is 0 Å². The van der Waals surface area contributed by atoms with E-state index in [4.69, 9.17) is 16.3 Å². The first-order chi connectivity index (χ1) is 13.0. The van der Waals surface area contributed by atoms with Gasteiger partial charge in [0.25, 0.3) is 0 Å². The van der Waals surface area contributed by atoms with Crippen LogP contribution in [0.4, 0.5) is 0 Å². The highest BCUT2D eigenvalue weighted by molar-refractivity contribution is 9.10. The summed E-state index contributed by atoms with van der Waals surface area (Å²) in [4.78, 5) is 4.42. The van der Waals surface area contributed by atoms with Gasteiger partial charge in [-0.1, -0.05) is 76.1 Å². The van der Waals surface area contributed by atoms with E-state index in [2.05, 4.69) is 20.9 Å². The SMILES string of the molecule is OC12C=C[C@@H](c3ccccc3)C1(c1ccc(Br)cc1)Oc1cc(Cl)cnc12. The summed E-state index contributed by atoms with van der Waals surface area (Å²) >= 11 is 9.63. The van der Waals surface area contributed by atoms with Gasteiger partial charge in [0.05, 0.1) is 5.02 Å². The molecule has 3 nitrogen and oxygen atoms in total. The second kappa shape index (κ2) is 5.93. The lowest BCUT2D eigenvalue weighted by Crippen LogP contribution is -2.48. The smallest absolute Gasteiger partial charge is 0.182 e. The molecule has 1 aromatic heterocycles. The first kappa shape index (κ1) is 17.0. The van der Waals surface area contributed by atoms with Gasteiger partial charge in [-0.15, -0.1) is 0 Å². The van der Waals surface area contributed by atoms with E-state index in [1.54, 1.807) is 18.3 Å². The van der Waals surface area contributed by atoms with Gasteiger partial charge in [-0.2, -0.15) is 0 Å². The fraction of sp³-hybridized carbons (Fsp3) is 0.136. The monoisotopic (exact) mass is 439 g/mol.